The fourth-order valence-electron chi connectivity index (χ4n) is 10.8. The van der Waals surface area contributed by atoms with Gasteiger partial charge in [-0.1, -0.05) is 71.0 Å². The van der Waals surface area contributed by atoms with Crippen LogP contribution in [0.5, 0.6) is 5.75 Å². The summed E-state index contributed by atoms with van der Waals surface area (Å²) in [7, 11) is 2.76. The van der Waals surface area contributed by atoms with Gasteiger partial charge in [0, 0.05) is 69.9 Å². The molecule has 2 aromatic carbocycles. The van der Waals surface area contributed by atoms with Crippen LogP contribution in [0.15, 0.2) is 60.8 Å². The van der Waals surface area contributed by atoms with Gasteiger partial charge in [-0.15, -0.1) is 0 Å². The summed E-state index contributed by atoms with van der Waals surface area (Å²) in [5.74, 6) is -8.62. The second-order valence-electron chi connectivity index (χ2n) is 23.0. The molecule has 3 saturated heterocycles. The molecule has 81 heavy (non-hydrogen) atoms. The van der Waals surface area contributed by atoms with Crippen molar-refractivity contribution in [1.82, 2.24) is 40.5 Å². The van der Waals surface area contributed by atoms with Crippen molar-refractivity contribution in [2.45, 2.75) is 175 Å². The number of fused-ring (bicyclic) bond motifs is 3. The normalized spacial score (nSPS) is 25.8. The van der Waals surface area contributed by atoms with Crippen LogP contribution in [0.2, 0.25) is 0 Å². The van der Waals surface area contributed by atoms with Crippen LogP contribution in [-0.4, -0.2) is 153 Å². The Labute approximate surface area is 472 Å². The number of amides is 7. The van der Waals surface area contributed by atoms with Gasteiger partial charge in [-0.25, -0.2) is 0 Å². The third-order valence-electron chi connectivity index (χ3n) is 15.2. The minimum atomic E-state index is -1.58. The van der Waals surface area contributed by atoms with E-state index in [9.17, 15) is 29.3 Å². The predicted molar refractivity (Wildman–Crippen MR) is 298 cm³/mol. The maximum Gasteiger partial charge on any atom is 0.311 e. The number of aromatic nitrogens is 1. The summed E-state index contributed by atoms with van der Waals surface area (Å²) in [6.07, 6.45) is 3.30. The standard InChI is InChI=1S/C58H79N9O14/c1-14-15-19-40-50(70)62-42(28-38-29-65(58(10,11)49-30-79-49)43-20-17-16-18-39(38)43)55(75)63(12)45(23-31(2)3)52(72)61-41(26-37-21-22-48(80-35(8)68)44(27-37)67(77)78)51(71)59-34(7)54(74)64(13)47-25-33(6)57(81-36(9)69)66(56(47)76)46(24-32(4)5)53(73)60-40/h14-18,20-22,27,29,31-34,40-42,45-47,49,57H,19,23-26,28,30H2,1-13H3,(H,59,71)(H,60,73)(H,61,72)(H,62,70)/b15-14+/t33-,34+,40?,41+,42+,45+,46+,47+,49?,57-/m1/s1. The Morgan fingerprint density at radius 1 is 0.790 bits per heavy atom. The Balaban J connectivity index is 1.54. The van der Waals surface area contributed by atoms with Crippen molar-refractivity contribution in [3.05, 3.63) is 82.1 Å². The molecule has 7 amide bonds. The van der Waals surface area contributed by atoms with Crippen molar-refractivity contribution in [3.63, 3.8) is 0 Å². The molecule has 3 aliphatic heterocycles. The van der Waals surface area contributed by atoms with Crippen LogP contribution in [0.3, 0.4) is 0 Å². The molecule has 1 aromatic heterocycles. The van der Waals surface area contributed by atoms with Gasteiger partial charge in [0.1, 0.15) is 48.4 Å². The van der Waals surface area contributed by atoms with Gasteiger partial charge in [-0.3, -0.25) is 58.2 Å². The third-order valence-corrected chi connectivity index (χ3v) is 15.2. The van der Waals surface area contributed by atoms with E-state index in [0.29, 0.717) is 12.2 Å². The highest BCUT2D eigenvalue weighted by Gasteiger charge is 2.50. The third kappa shape index (κ3) is 14.8. The number of nitrogens with one attached hydrogen (secondary N) is 4. The molecule has 10 atom stereocenters. The van der Waals surface area contributed by atoms with Gasteiger partial charge in [-0.2, -0.15) is 0 Å². The quantitative estimate of drug-likeness (QED) is 0.0414. The number of hydrogen-bond donors (Lipinski definition) is 4. The average Bonchev–Trinajstić information content (AvgIpc) is 4.26. The molecule has 4 N–H and O–H groups in total. The largest absolute Gasteiger partial charge is 0.441 e. The van der Waals surface area contributed by atoms with E-state index in [1.165, 1.54) is 45.0 Å². The topological polar surface area (TPSA) is 291 Å². The number of benzene rings is 2. The van der Waals surface area contributed by atoms with E-state index in [0.717, 1.165) is 33.7 Å². The molecule has 4 heterocycles. The minimum Gasteiger partial charge on any atom is -0.441 e. The fourth-order valence-corrected chi connectivity index (χ4v) is 10.8. The van der Waals surface area contributed by atoms with Crippen LogP contribution in [-0.2, 0) is 71.0 Å². The Hall–Kier alpha value is -7.69. The average molecular weight is 1130 g/mol. The van der Waals surface area contributed by atoms with E-state index >= 15 is 24.0 Å². The molecule has 0 radical (unpaired) electrons. The Bertz CT molecular complexity index is 2930. The lowest BCUT2D eigenvalue weighted by atomic mass is 9.88. The Morgan fingerprint density at radius 3 is 2.00 bits per heavy atom. The van der Waals surface area contributed by atoms with Gasteiger partial charge in [-0.05, 0) is 88.5 Å². The monoisotopic (exact) mass is 1130 g/mol. The van der Waals surface area contributed by atoms with E-state index in [1.54, 1.807) is 26.0 Å². The van der Waals surface area contributed by atoms with Gasteiger partial charge < -0.3 is 49.8 Å². The lowest BCUT2D eigenvalue weighted by Gasteiger charge is -2.47. The molecule has 440 valence electrons. The molecule has 0 spiro atoms. The number of likely N-dealkylation sites (N-methyl/N-ethyl adjacent to an activating group) is 2. The molecule has 3 aliphatic rings. The maximum absolute atomic E-state index is 15.5. The molecule has 0 aliphatic carbocycles. The number of esters is 2. The van der Waals surface area contributed by atoms with Crippen molar-refractivity contribution in [2.24, 2.45) is 17.8 Å². The molecule has 3 fully saturated rings. The first kappa shape index (κ1) is 62.5. The molecular formula is C58H79N9O14. The van der Waals surface area contributed by atoms with Crippen LogP contribution in [0.1, 0.15) is 113 Å². The number of nitro benzene ring substituents is 1. The molecule has 2 unspecified atom stereocenters. The van der Waals surface area contributed by atoms with Crippen molar-refractivity contribution in [1.29, 1.82) is 0 Å². The number of para-hydroxylation sites is 1. The molecule has 6 rings (SSSR count). The number of hydrogen-bond acceptors (Lipinski definition) is 14. The zero-order valence-electron chi connectivity index (χ0n) is 48.6. The molecule has 3 aromatic rings. The molecule has 2 bridgehead atoms. The number of ether oxygens (including phenoxy) is 3. The van der Waals surface area contributed by atoms with E-state index < -0.39 is 130 Å². The maximum atomic E-state index is 15.5. The number of nitrogens with zero attached hydrogens (tertiary/aromatic N) is 5. The van der Waals surface area contributed by atoms with E-state index in [1.807, 2.05) is 72.0 Å². The smallest absolute Gasteiger partial charge is 0.311 e. The van der Waals surface area contributed by atoms with Crippen LogP contribution in [0.25, 0.3) is 10.9 Å². The van der Waals surface area contributed by atoms with Crippen molar-refractivity contribution in [2.75, 3.05) is 20.7 Å². The fraction of sp³-hybridized carbons (Fsp3) is 0.569. The van der Waals surface area contributed by atoms with Gasteiger partial charge in [0.15, 0.2) is 6.23 Å². The number of epoxide rings is 1. The van der Waals surface area contributed by atoms with E-state index in [4.69, 9.17) is 14.2 Å². The summed E-state index contributed by atoms with van der Waals surface area (Å²) in [5, 5.41) is 24.3. The van der Waals surface area contributed by atoms with Crippen LogP contribution in [0, 0.1) is 27.9 Å². The predicted octanol–water partition coefficient (Wildman–Crippen LogP) is 4.21. The number of rotatable bonds is 15. The second kappa shape index (κ2) is 26.3. The lowest BCUT2D eigenvalue weighted by molar-refractivity contribution is -0.385. The summed E-state index contributed by atoms with van der Waals surface area (Å²) in [4.78, 5) is 145. The highest BCUT2D eigenvalue weighted by Crippen LogP contribution is 2.37. The molecule has 23 heteroatoms. The molecule has 23 nitrogen and oxygen atoms in total. The zero-order chi connectivity index (χ0) is 59.9. The number of piperidine rings is 1. The lowest BCUT2D eigenvalue weighted by Crippen LogP contribution is -2.67. The van der Waals surface area contributed by atoms with Crippen molar-refractivity contribution < 1.29 is 62.3 Å². The number of allylic oxidation sites excluding steroid dienone is 1. The van der Waals surface area contributed by atoms with Gasteiger partial charge >= 0.3 is 17.6 Å². The van der Waals surface area contributed by atoms with Crippen molar-refractivity contribution in [3.8, 4) is 5.75 Å². The molecule has 0 saturated carbocycles. The summed E-state index contributed by atoms with van der Waals surface area (Å²) >= 11 is 0. The number of carbonyl (C=O) groups excluding carboxylic acids is 9. The van der Waals surface area contributed by atoms with Crippen LogP contribution in [0.4, 0.5) is 5.69 Å². The first-order valence-electron chi connectivity index (χ1n) is 27.6. The van der Waals surface area contributed by atoms with Crippen LogP contribution < -0.4 is 26.0 Å². The highest BCUT2D eigenvalue weighted by molar-refractivity contribution is 5.99. The van der Waals surface area contributed by atoms with Crippen molar-refractivity contribution >= 4 is 69.9 Å². The second-order valence-corrected chi connectivity index (χ2v) is 23.0. The minimum absolute atomic E-state index is 0.0182. The van der Waals surface area contributed by atoms with Crippen LogP contribution >= 0.6 is 0 Å². The summed E-state index contributed by atoms with van der Waals surface area (Å²) in [5.41, 5.74) is 0.493. The van der Waals surface area contributed by atoms with Gasteiger partial charge in [0.05, 0.1) is 17.1 Å². The highest BCUT2D eigenvalue weighted by atomic mass is 16.6. The number of nitro groups is 1. The first-order valence-corrected chi connectivity index (χ1v) is 27.6. The van der Waals surface area contributed by atoms with Gasteiger partial charge in [0.2, 0.25) is 47.1 Å². The summed E-state index contributed by atoms with van der Waals surface area (Å²) in [6.45, 7) is 19.0. The Morgan fingerprint density at radius 2 is 1.40 bits per heavy atom. The summed E-state index contributed by atoms with van der Waals surface area (Å²) < 4.78 is 18.7. The zero-order valence-corrected chi connectivity index (χ0v) is 48.6. The molecular weight excluding hydrogens is 1050 g/mol. The number of carbonyl (C=O) groups is 9. The first-order chi connectivity index (χ1) is 38.0. The van der Waals surface area contributed by atoms with E-state index in [2.05, 4.69) is 25.8 Å². The summed E-state index contributed by atoms with van der Waals surface area (Å²) in [6, 6.07) is 1.54. The van der Waals surface area contributed by atoms with E-state index in [-0.39, 0.29) is 61.4 Å². The Kier molecular flexibility index (Phi) is 20.3. The van der Waals surface area contributed by atoms with Gasteiger partial charge in [0.25, 0.3) is 0 Å². The SMILES string of the molecule is C/C=C/CC1NC(=O)[C@H](CC(C)C)N2C(=O)[C@H](C[C@@H](C)[C@H]2OC(C)=O)N(C)C(=O)[C@H](C)NC(=O)[C@H](Cc2ccc(OC(C)=O)c([N+](=O)[O-])c2)NC(=O)[C@H](CC(C)C)N(C)C(=O)[C@H](Cc2cn(C(C)(C)C3CO3)c3ccccc23)NC1=O.